The lowest BCUT2D eigenvalue weighted by Crippen LogP contribution is -2.27. The Morgan fingerprint density at radius 3 is 2.72 bits per heavy atom. The van der Waals surface area contributed by atoms with Crippen LogP contribution in [0.5, 0.6) is 0 Å². The molecule has 0 aliphatic carbocycles. The van der Waals surface area contributed by atoms with Gasteiger partial charge < -0.3 is 15.5 Å². The number of nitrogens with zero attached hydrogens (tertiary/aromatic N) is 3. The van der Waals surface area contributed by atoms with Crippen LogP contribution < -0.4 is 15.5 Å². The average Bonchev–Trinajstić information content (AvgIpc) is 2.62. The smallest absolute Gasteiger partial charge is 0.134 e. The third-order valence-electron chi connectivity index (χ3n) is 4.77. The molecule has 3 heterocycles. The molecule has 0 bridgehead atoms. The number of hydrogen-bond donors (Lipinski definition) is 2. The minimum absolute atomic E-state index is 0.601. The molecular formula is C20H29N5. The molecule has 0 saturated carbocycles. The van der Waals surface area contributed by atoms with Gasteiger partial charge in [-0.1, -0.05) is 6.92 Å². The Balaban J connectivity index is 1.90. The largest absolute Gasteiger partial charge is 0.360 e. The molecule has 2 N–H and O–H groups in total. The van der Waals surface area contributed by atoms with Crippen LogP contribution in [-0.2, 0) is 0 Å². The average molecular weight is 339 g/mol. The number of pyridine rings is 2. The van der Waals surface area contributed by atoms with Gasteiger partial charge in [-0.2, -0.15) is 0 Å². The van der Waals surface area contributed by atoms with Gasteiger partial charge in [-0.15, -0.1) is 0 Å². The predicted molar refractivity (Wildman–Crippen MR) is 105 cm³/mol. The van der Waals surface area contributed by atoms with E-state index in [0.29, 0.717) is 5.92 Å². The topological polar surface area (TPSA) is 53.1 Å². The van der Waals surface area contributed by atoms with E-state index in [1.807, 2.05) is 18.3 Å². The van der Waals surface area contributed by atoms with Crippen LogP contribution in [0.1, 0.15) is 43.2 Å². The minimum atomic E-state index is 0.601. The standard InChI is InChI=1S/C20H29N5/c1-4-11-25(3)20-14-17(16-6-8-21-9-7-16)13-19(24-20)23-18-12-15(2)5-10-22-18/h5,10,12-14,16,21H,4,6-9,11H2,1-3H3,(H,22,23,24). The third kappa shape index (κ3) is 4.69. The van der Waals surface area contributed by atoms with Gasteiger partial charge in [0.1, 0.15) is 17.5 Å². The SMILES string of the molecule is CCCN(C)c1cc(C2CCNCC2)cc(Nc2cc(C)ccn2)n1. The fourth-order valence-electron chi connectivity index (χ4n) is 3.37. The maximum atomic E-state index is 4.83. The highest BCUT2D eigenvalue weighted by atomic mass is 15.2. The van der Waals surface area contributed by atoms with Gasteiger partial charge in [0.15, 0.2) is 0 Å². The first-order valence-corrected chi connectivity index (χ1v) is 9.29. The van der Waals surface area contributed by atoms with Crippen LogP contribution in [0.4, 0.5) is 17.5 Å². The van der Waals surface area contributed by atoms with Crippen molar-refractivity contribution < 1.29 is 0 Å². The molecule has 1 saturated heterocycles. The van der Waals surface area contributed by atoms with E-state index in [1.165, 1.54) is 24.0 Å². The van der Waals surface area contributed by atoms with Crippen LogP contribution in [0, 0.1) is 6.92 Å². The molecule has 5 heteroatoms. The molecule has 134 valence electrons. The maximum absolute atomic E-state index is 4.83. The zero-order chi connectivity index (χ0) is 17.6. The summed E-state index contributed by atoms with van der Waals surface area (Å²) in [5.74, 6) is 3.36. The van der Waals surface area contributed by atoms with Crippen molar-refractivity contribution in [2.75, 3.05) is 36.9 Å². The van der Waals surface area contributed by atoms with Gasteiger partial charge in [-0.05, 0) is 80.6 Å². The first-order chi connectivity index (χ1) is 12.2. The van der Waals surface area contributed by atoms with E-state index < -0.39 is 0 Å². The van der Waals surface area contributed by atoms with Crippen LogP contribution in [0.3, 0.4) is 0 Å². The summed E-state index contributed by atoms with van der Waals surface area (Å²) < 4.78 is 0. The summed E-state index contributed by atoms with van der Waals surface area (Å²) in [6, 6.07) is 8.52. The molecule has 0 radical (unpaired) electrons. The van der Waals surface area contributed by atoms with Gasteiger partial charge in [0.25, 0.3) is 0 Å². The molecule has 0 amide bonds. The second kappa shape index (κ2) is 8.30. The molecule has 25 heavy (non-hydrogen) atoms. The van der Waals surface area contributed by atoms with Gasteiger partial charge in [0.2, 0.25) is 0 Å². The second-order valence-corrected chi connectivity index (χ2v) is 6.93. The van der Waals surface area contributed by atoms with E-state index >= 15 is 0 Å². The maximum Gasteiger partial charge on any atom is 0.134 e. The molecular weight excluding hydrogens is 310 g/mol. The molecule has 0 atom stereocenters. The lowest BCUT2D eigenvalue weighted by Gasteiger charge is -2.25. The molecule has 3 rings (SSSR count). The number of anilines is 3. The van der Waals surface area contributed by atoms with Gasteiger partial charge >= 0.3 is 0 Å². The Morgan fingerprint density at radius 1 is 1.20 bits per heavy atom. The Hall–Kier alpha value is -2.14. The number of nitrogens with one attached hydrogen (secondary N) is 2. The third-order valence-corrected chi connectivity index (χ3v) is 4.77. The first kappa shape index (κ1) is 17.7. The van der Waals surface area contributed by atoms with Gasteiger partial charge in [-0.3, -0.25) is 0 Å². The van der Waals surface area contributed by atoms with E-state index in [1.54, 1.807) is 0 Å². The molecule has 2 aromatic rings. The van der Waals surface area contributed by atoms with E-state index in [-0.39, 0.29) is 0 Å². The summed E-state index contributed by atoms with van der Waals surface area (Å²) in [6.45, 7) is 7.46. The summed E-state index contributed by atoms with van der Waals surface area (Å²) in [5.41, 5.74) is 2.57. The number of rotatable bonds is 6. The Labute approximate surface area is 150 Å². The van der Waals surface area contributed by atoms with Crippen molar-refractivity contribution in [3.8, 4) is 0 Å². The number of aryl methyl sites for hydroxylation is 1. The van der Waals surface area contributed by atoms with E-state index in [4.69, 9.17) is 4.98 Å². The Bertz CT molecular complexity index is 694. The van der Waals surface area contributed by atoms with Crippen molar-refractivity contribution in [1.29, 1.82) is 0 Å². The molecule has 1 fully saturated rings. The van der Waals surface area contributed by atoms with E-state index in [9.17, 15) is 0 Å². The number of aromatic nitrogens is 2. The molecule has 5 nitrogen and oxygen atoms in total. The van der Waals surface area contributed by atoms with Crippen molar-refractivity contribution in [3.63, 3.8) is 0 Å². The van der Waals surface area contributed by atoms with Crippen molar-refractivity contribution >= 4 is 17.5 Å². The first-order valence-electron chi connectivity index (χ1n) is 9.29. The monoisotopic (exact) mass is 339 g/mol. The summed E-state index contributed by atoms with van der Waals surface area (Å²) >= 11 is 0. The summed E-state index contributed by atoms with van der Waals surface area (Å²) in [6.07, 6.45) is 5.31. The van der Waals surface area contributed by atoms with Crippen LogP contribution in [0.25, 0.3) is 0 Å². The zero-order valence-electron chi connectivity index (χ0n) is 15.5. The number of piperidine rings is 1. The van der Waals surface area contributed by atoms with Crippen molar-refractivity contribution in [2.45, 2.75) is 39.0 Å². The summed E-state index contributed by atoms with van der Waals surface area (Å²) in [4.78, 5) is 11.5. The van der Waals surface area contributed by atoms with Gasteiger partial charge in [-0.25, -0.2) is 9.97 Å². The molecule has 2 aromatic heterocycles. The quantitative estimate of drug-likeness (QED) is 0.837. The van der Waals surface area contributed by atoms with Crippen LogP contribution in [0.2, 0.25) is 0 Å². The lowest BCUT2D eigenvalue weighted by atomic mass is 9.90. The van der Waals surface area contributed by atoms with E-state index in [2.05, 4.69) is 53.5 Å². The normalized spacial score (nSPS) is 15.2. The van der Waals surface area contributed by atoms with Crippen LogP contribution in [0.15, 0.2) is 30.5 Å². The fourth-order valence-corrected chi connectivity index (χ4v) is 3.37. The summed E-state index contributed by atoms with van der Waals surface area (Å²) in [5, 5.41) is 6.85. The van der Waals surface area contributed by atoms with Crippen molar-refractivity contribution in [3.05, 3.63) is 41.6 Å². The highest BCUT2D eigenvalue weighted by Crippen LogP contribution is 2.30. The Kier molecular flexibility index (Phi) is 5.87. The highest BCUT2D eigenvalue weighted by molar-refractivity contribution is 5.58. The molecule has 0 unspecified atom stereocenters. The molecule has 1 aliphatic rings. The number of hydrogen-bond acceptors (Lipinski definition) is 5. The predicted octanol–water partition coefficient (Wildman–Crippen LogP) is 3.84. The molecule has 0 aromatic carbocycles. The van der Waals surface area contributed by atoms with Crippen LogP contribution >= 0.6 is 0 Å². The Morgan fingerprint density at radius 2 is 2.00 bits per heavy atom. The van der Waals surface area contributed by atoms with Gasteiger partial charge in [0.05, 0.1) is 0 Å². The molecule has 0 spiro atoms. The molecule has 1 aliphatic heterocycles. The van der Waals surface area contributed by atoms with Crippen molar-refractivity contribution in [2.24, 2.45) is 0 Å². The summed E-state index contributed by atoms with van der Waals surface area (Å²) in [7, 11) is 2.12. The van der Waals surface area contributed by atoms with Crippen molar-refractivity contribution in [1.82, 2.24) is 15.3 Å². The zero-order valence-corrected chi connectivity index (χ0v) is 15.5. The fraction of sp³-hybridized carbons (Fsp3) is 0.500. The minimum Gasteiger partial charge on any atom is -0.360 e. The van der Waals surface area contributed by atoms with Gasteiger partial charge in [0, 0.05) is 19.8 Å². The van der Waals surface area contributed by atoms with E-state index in [0.717, 1.165) is 43.5 Å². The highest BCUT2D eigenvalue weighted by Gasteiger charge is 2.18. The van der Waals surface area contributed by atoms with Crippen LogP contribution in [-0.4, -0.2) is 36.6 Å². The lowest BCUT2D eigenvalue weighted by molar-refractivity contribution is 0.460. The second-order valence-electron chi connectivity index (χ2n) is 6.93.